The molecule has 1 aliphatic rings. The van der Waals surface area contributed by atoms with Gasteiger partial charge >= 0.3 is 0 Å². The molecule has 3 rings (SSSR count). The number of aromatic nitrogens is 2. The number of carbonyl (C=O) groups is 1. The van der Waals surface area contributed by atoms with Gasteiger partial charge in [0.1, 0.15) is 19.0 Å². The summed E-state index contributed by atoms with van der Waals surface area (Å²) in [5.41, 5.74) is 3.09. The van der Waals surface area contributed by atoms with E-state index in [4.69, 9.17) is 9.47 Å². The number of hydrogen-bond acceptors (Lipinski definition) is 4. The number of nitrogens with zero attached hydrogens (tertiary/aromatic N) is 2. The highest BCUT2D eigenvalue weighted by molar-refractivity contribution is 5.78. The number of aromatic amines is 1. The monoisotopic (exact) mass is 317 g/mol. The van der Waals surface area contributed by atoms with Crippen LogP contribution in [-0.2, 0) is 20.9 Å². The molecule has 1 saturated heterocycles. The molecule has 6 heteroatoms. The highest BCUT2D eigenvalue weighted by atomic mass is 16.5. The number of ether oxygens (including phenoxy) is 2. The minimum atomic E-state index is 0.0245. The molecule has 0 aliphatic carbocycles. The SMILES string of the molecule is COC[C@H]1CCCN1C(=O)COCc1nc2ccc(C)cc2[nH]1. The van der Waals surface area contributed by atoms with Crippen LogP contribution in [-0.4, -0.2) is 53.7 Å². The number of benzene rings is 1. The molecule has 2 heterocycles. The smallest absolute Gasteiger partial charge is 0.248 e. The van der Waals surface area contributed by atoms with Gasteiger partial charge in [0.25, 0.3) is 0 Å². The zero-order valence-corrected chi connectivity index (χ0v) is 13.7. The van der Waals surface area contributed by atoms with Crippen LogP contribution in [0.25, 0.3) is 11.0 Å². The molecule has 124 valence electrons. The maximum Gasteiger partial charge on any atom is 0.248 e. The van der Waals surface area contributed by atoms with Gasteiger partial charge in [-0.25, -0.2) is 4.98 Å². The lowest BCUT2D eigenvalue weighted by molar-refractivity contribution is -0.138. The maximum absolute atomic E-state index is 12.3. The number of nitrogens with one attached hydrogen (secondary N) is 1. The molecule has 0 spiro atoms. The fraction of sp³-hybridized carbons (Fsp3) is 0.529. The third-order valence-electron chi connectivity index (χ3n) is 4.21. The Morgan fingerprint density at radius 1 is 1.48 bits per heavy atom. The lowest BCUT2D eigenvalue weighted by atomic mass is 10.2. The number of fused-ring (bicyclic) bond motifs is 1. The first-order chi connectivity index (χ1) is 11.2. The van der Waals surface area contributed by atoms with E-state index >= 15 is 0 Å². The summed E-state index contributed by atoms with van der Waals surface area (Å²) in [6.07, 6.45) is 2.03. The summed E-state index contributed by atoms with van der Waals surface area (Å²) in [6, 6.07) is 6.25. The highest BCUT2D eigenvalue weighted by Crippen LogP contribution is 2.18. The van der Waals surface area contributed by atoms with Crippen LogP contribution in [0.4, 0.5) is 0 Å². The molecule has 0 unspecified atom stereocenters. The molecule has 1 amide bonds. The van der Waals surface area contributed by atoms with Crippen molar-refractivity contribution in [1.29, 1.82) is 0 Å². The van der Waals surface area contributed by atoms with Crippen molar-refractivity contribution in [1.82, 2.24) is 14.9 Å². The Bertz CT molecular complexity index is 683. The van der Waals surface area contributed by atoms with E-state index in [2.05, 4.69) is 16.0 Å². The summed E-state index contributed by atoms with van der Waals surface area (Å²) in [7, 11) is 1.67. The minimum absolute atomic E-state index is 0.0245. The van der Waals surface area contributed by atoms with Crippen molar-refractivity contribution in [2.24, 2.45) is 0 Å². The van der Waals surface area contributed by atoms with Crippen LogP contribution < -0.4 is 0 Å². The van der Waals surface area contributed by atoms with Crippen LogP contribution in [0.5, 0.6) is 0 Å². The van der Waals surface area contributed by atoms with Gasteiger partial charge in [0.15, 0.2) is 0 Å². The largest absolute Gasteiger partial charge is 0.383 e. The van der Waals surface area contributed by atoms with E-state index in [0.717, 1.165) is 36.2 Å². The van der Waals surface area contributed by atoms with Crippen molar-refractivity contribution in [2.45, 2.75) is 32.4 Å². The van der Waals surface area contributed by atoms with Gasteiger partial charge < -0.3 is 19.4 Å². The van der Waals surface area contributed by atoms with Crippen molar-refractivity contribution in [3.63, 3.8) is 0 Å². The third kappa shape index (κ3) is 3.71. The Morgan fingerprint density at radius 3 is 3.17 bits per heavy atom. The first kappa shape index (κ1) is 16.0. The van der Waals surface area contributed by atoms with E-state index in [1.807, 2.05) is 24.0 Å². The number of hydrogen-bond donors (Lipinski definition) is 1. The topological polar surface area (TPSA) is 67.4 Å². The van der Waals surface area contributed by atoms with E-state index in [-0.39, 0.29) is 18.6 Å². The number of methoxy groups -OCH3 is 1. The Morgan fingerprint density at radius 2 is 2.35 bits per heavy atom. The molecule has 23 heavy (non-hydrogen) atoms. The number of rotatable bonds is 6. The van der Waals surface area contributed by atoms with E-state index in [1.54, 1.807) is 7.11 Å². The van der Waals surface area contributed by atoms with Gasteiger partial charge in [0, 0.05) is 13.7 Å². The van der Waals surface area contributed by atoms with Gasteiger partial charge in [0.05, 0.1) is 23.7 Å². The molecule has 0 radical (unpaired) electrons. The van der Waals surface area contributed by atoms with Crippen molar-refractivity contribution < 1.29 is 14.3 Å². The number of amides is 1. The van der Waals surface area contributed by atoms with Gasteiger partial charge in [0.2, 0.25) is 5.91 Å². The van der Waals surface area contributed by atoms with Gasteiger partial charge in [-0.2, -0.15) is 0 Å². The molecule has 1 aliphatic heterocycles. The number of carbonyl (C=O) groups excluding carboxylic acids is 1. The molecule has 6 nitrogen and oxygen atoms in total. The van der Waals surface area contributed by atoms with Crippen LogP contribution in [0.1, 0.15) is 24.2 Å². The van der Waals surface area contributed by atoms with Crippen molar-refractivity contribution in [2.75, 3.05) is 26.9 Å². The van der Waals surface area contributed by atoms with Crippen LogP contribution in [0.3, 0.4) is 0 Å². The third-order valence-corrected chi connectivity index (χ3v) is 4.21. The first-order valence-corrected chi connectivity index (χ1v) is 7.99. The van der Waals surface area contributed by atoms with Gasteiger partial charge in [-0.1, -0.05) is 6.07 Å². The molecular weight excluding hydrogens is 294 g/mol. The van der Waals surface area contributed by atoms with Crippen molar-refractivity contribution >= 4 is 16.9 Å². The number of aryl methyl sites for hydroxylation is 1. The second-order valence-corrected chi connectivity index (χ2v) is 6.04. The van der Waals surface area contributed by atoms with Crippen molar-refractivity contribution in [3.8, 4) is 0 Å². The van der Waals surface area contributed by atoms with Crippen LogP contribution in [0.15, 0.2) is 18.2 Å². The summed E-state index contributed by atoms with van der Waals surface area (Å²) in [5, 5.41) is 0. The Hall–Kier alpha value is -1.92. The lowest BCUT2D eigenvalue weighted by Gasteiger charge is -2.23. The quantitative estimate of drug-likeness (QED) is 0.885. The Labute approximate surface area is 135 Å². The van der Waals surface area contributed by atoms with Gasteiger partial charge in [-0.05, 0) is 37.5 Å². The molecule has 0 bridgehead atoms. The molecule has 1 N–H and O–H groups in total. The minimum Gasteiger partial charge on any atom is -0.383 e. The second kappa shape index (κ2) is 7.10. The first-order valence-electron chi connectivity index (χ1n) is 7.99. The molecule has 1 fully saturated rings. The van der Waals surface area contributed by atoms with E-state index < -0.39 is 0 Å². The zero-order valence-electron chi connectivity index (χ0n) is 13.7. The predicted molar refractivity (Wildman–Crippen MR) is 87.1 cm³/mol. The summed E-state index contributed by atoms with van der Waals surface area (Å²) in [5.74, 6) is 0.768. The average Bonchev–Trinajstić information content (AvgIpc) is 3.13. The molecule has 0 saturated carbocycles. The van der Waals surface area contributed by atoms with E-state index in [9.17, 15) is 4.79 Å². The summed E-state index contributed by atoms with van der Waals surface area (Å²) >= 11 is 0. The Balaban J connectivity index is 1.52. The zero-order chi connectivity index (χ0) is 16.2. The van der Waals surface area contributed by atoms with Crippen LogP contribution in [0.2, 0.25) is 0 Å². The number of likely N-dealkylation sites (tertiary alicyclic amines) is 1. The molecular formula is C17H23N3O3. The van der Waals surface area contributed by atoms with Crippen molar-refractivity contribution in [3.05, 3.63) is 29.6 Å². The fourth-order valence-corrected chi connectivity index (χ4v) is 3.09. The normalized spacial score (nSPS) is 18.0. The van der Waals surface area contributed by atoms with Crippen LogP contribution in [0, 0.1) is 6.92 Å². The Kier molecular flexibility index (Phi) is 4.93. The highest BCUT2D eigenvalue weighted by Gasteiger charge is 2.28. The predicted octanol–water partition coefficient (Wildman–Crippen LogP) is 2.03. The molecule has 2 aromatic rings. The fourth-order valence-electron chi connectivity index (χ4n) is 3.09. The summed E-state index contributed by atoms with van der Waals surface area (Å²) in [4.78, 5) is 21.8. The van der Waals surface area contributed by atoms with Crippen LogP contribution >= 0.6 is 0 Å². The van der Waals surface area contributed by atoms with Gasteiger partial charge in [-0.3, -0.25) is 4.79 Å². The van der Waals surface area contributed by atoms with E-state index in [0.29, 0.717) is 13.2 Å². The number of imidazole rings is 1. The molecule has 1 atom stereocenters. The van der Waals surface area contributed by atoms with E-state index in [1.165, 1.54) is 5.56 Å². The molecule has 1 aromatic heterocycles. The van der Waals surface area contributed by atoms with Gasteiger partial charge in [-0.15, -0.1) is 0 Å². The average molecular weight is 317 g/mol. The summed E-state index contributed by atoms with van der Waals surface area (Å²) < 4.78 is 10.7. The second-order valence-electron chi connectivity index (χ2n) is 6.04. The summed E-state index contributed by atoms with van der Waals surface area (Å²) in [6.45, 7) is 3.81. The molecule has 1 aromatic carbocycles. The lowest BCUT2D eigenvalue weighted by Crippen LogP contribution is -2.40. The number of H-pyrrole nitrogens is 1. The standard InChI is InChI=1S/C17H23N3O3/c1-12-5-6-14-15(8-12)19-16(18-14)10-23-11-17(21)20-7-3-4-13(20)9-22-2/h5-6,8,13H,3-4,7,9-11H2,1-2H3,(H,18,19)/t13-/m1/s1. The maximum atomic E-state index is 12.3.